The van der Waals surface area contributed by atoms with Gasteiger partial charge in [-0.2, -0.15) is 5.10 Å². The van der Waals surface area contributed by atoms with Crippen LogP contribution in [0.5, 0.6) is 0 Å². The molecule has 1 N–H and O–H groups in total. The molecular formula is C23H31N3O3. The van der Waals surface area contributed by atoms with Crippen LogP contribution in [0.3, 0.4) is 0 Å². The van der Waals surface area contributed by atoms with Gasteiger partial charge in [-0.3, -0.25) is 9.48 Å². The Bertz CT molecular complexity index is 886. The molecule has 1 aliphatic rings. The van der Waals surface area contributed by atoms with Crippen LogP contribution in [0.1, 0.15) is 54.3 Å². The van der Waals surface area contributed by atoms with E-state index in [1.807, 2.05) is 25.5 Å². The minimum atomic E-state index is -0.900. The summed E-state index contributed by atoms with van der Waals surface area (Å²) in [4.78, 5) is 25.9. The number of aromatic nitrogens is 2. The molecule has 0 aliphatic carbocycles. The first-order chi connectivity index (χ1) is 13.8. The Morgan fingerprint density at radius 1 is 1.17 bits per heavy atom. The van der Waals surface area contributed by atoms with E-state index in [1.54, 1.807) is 4.90 Å². The van der Waals surface area contributed by atoms with E-state index in [0.29, 0.717) is 38.3 Å². The highest BCUT2D eigenvalue weighted by Crippen LogP contribution is 2.24. The average Bonchev–Trinajstić information content (AvgIpc) is 2.94. The van der Waals surface area contributed by atoms with Crippen molar-refractivity contribution in [3.8, 4) is 0 Å². The molecule has 29 heavy (non-hydrogen) atoms. The molecule has 2 atom stereocenters. The normalized spacial score (nSPS) is 19.4. The third-order valence-electron chi connectivity index (χ3n) is 6.04. The van der Waals surface area contributed by atoms with E-state index < -0.39 is 12.0 Å². The number of carbonyl (C=O) groups excluding carboxylic acids is 1. The summed E-state index contributed by atoms with van der Waals surface area (Å²) in [5.41, 5.74) is 5.51. The van der Waals surface area contributed by atoms with E-state index in [9.17, 15) is 14.7 Å². The Labute approximate surface area is 172 Å². The Kier molecular flexibility index (Phi) is 6.40. The minimum absolute atomic E-state index is 0.0746. The molecule has 2 aromatic rings. The first-order valence-electron chi connectivity index (χ1n) is 10.4. The van der Waals surface area contributed by atoms with Crippen molar-refractivity contribution in [2.75, 3.05) is 6.54 Å². The van der Waals surface area contributed by atoms with E-state index in [0.717, 1.165) is 23.4 Å². The highest BCUT2D eigenvalue weighted by Gasteiger charge is 2.34. The summed E-state index contributed by atoms with van der Waals surface area (Å²) < 4.78 is 1.99. The second-order valence-electron chi connectivity index (χ2n) is 8.36. The number of rotatable bonds is 6. The number of hydrogen-bond donors (Lipinski definition) is 1. The maximum atomic E-state index is 12.8. The van der Waals surface area contributed by atoms with Crippen LogP contribution in [0.25, 0.3) is 0 Å². The van der Waals surface area contributed by atoms with Crippen molar-refractivity contribution in [2.45, 2.75) is 66.0 Å². The number of benzene rings is 1. The van der Waals surface area contributed by atoms with Crippen molar-refractivity contribution in [3.63, 3.8) is 0 Å². The number of likely N-dealkylation sites (tertiary alicyclic amines) is 1. The quantitative estimate of drug-likeness (QED) is 0.809. The van der Waals surface area contributed by atoms with Crippen LogP contribution in [0.4, 0.5) is 0 Å². The van der Waals surface area contributed by atoms with E-state index in [-0.39, 0.29) is 5.91 Å². The molecule has 6 heteroatoms. The number of carbonyl (C=O) groups is 2. The summed E-state index contributed by atoms with van der Waals surface area (Å²) in [7, 11) is 0. The van der Waals surface area contributed by atoms with Gasteiger partial charge in [0.15, 0.2) is 0 Å². The van der Waals surface area contributed by atoms with Crippen LogP contribution < -0.4 is 0 Å². The van der Waals surface area contributed by atoms with Crippen LogP contribution in [0, 0.1) is 26.7 Å². The zero-order valence-corrected chi connectivity index (χ0v) is 17.8. The number of carboxylic acid groups (broad SMARTS) is 1. The highest BCUT2D eigenvalue weighted by atomic mass is 16.4. The predicted molar refractivity (Wildman–Crippen MR) is 112 cm³/mol. The van der Waals surface area contributed by atoms with Crippen molar-refractivity contribution >= 4 is 11.9 Å². The maximum absolute atomic E-state index is 12.8. The lowest BCUT2D eigenvalue weighted by Gasteiger charge is -2.36. The fraction of sp³-hybridized carbons (Fsp3) is 0.522. The lowest BCUT2D eigenvalue weighted by atomic mass is 9.92. The molecule has 2 heterocycles. The molecule has 1 saturated heterocycles. The molecule has 6 nitrogen and oxygen atoms in total. The lowest BCUT2D eigenvalue weighted by molar-refractivity contribution is -0.153. The number of aliphatic carboxylic acids is 1. The van der Waals surface area contributed by atoms with Gasteiger partial charge in [0.2, 0.25) is 5.91 Å². The molecule has 156 valence electrons. The summed E-state index contributed by atoms with van der Waals surface area (Å²) in [5, 5.41) is 14.2. The standard InChI is InChI=1S/C23H31N3O3/c1-15-5-7-19(8-6-15)14-26-18(4)20(17(3)24-26)9-10-22(27)25-12-11-16(2)13-21(25)23(28)29/h5-8,16,21H,9-14H2,1-4H3,(H,28,29). The Hall–Kier alpha value is -2.63. The lowest BCUT2D eigenvalue weighted by Crippen LogP contribution is -2.49. The number of carboxylic acids is 1. The fourth-order valence-corrected chi connectivity index (χ4v) is 4.17. The summed E-state index contributed by atoms with van der Waals surface area (Å²) in [6, 6.07) is 7.71. The molecule has 0 spiro atoms. The Balaban J connectivity index is 1.67. The van der Waals surface area contributed by atoms with Gasteiger partial charge in [-0.1, -0.05) is 36.8 Å². The van der Waals surface area contributed by atoms with Gasteiger partial charge >= 0.3 is 5.97 Å². The largest absolute Gasteiger partial charge is 0.480 e. The number of amides is 1. The average molecular weight is 398 g/mol. The first-order valence-corrected chi connectivity index (χ1v) is 10.4. The zero-order chi connectivity index (χ0) is 21.1. The molecule has 3 rings (SSSR count). The smallest absolute Gasteiger partial charge is 0.326 e. The zero-order valence-electron chi connectivity index (χ0n) is 17.8. The van der Waals surface area contributed by atoms with Crippen molar-refractivity contribution in [2.24, 2.45) is 5.92 Å². The topological polar surface area (TPSA) is 75.4 Å². The molecule has 0 bridgehead atoms. The molecule has 1 aromatic carbocycles. The third-order valence-corrected chi connectivity index (χ3v) is 6.04. The van der Waals surface area contributed by atoms with Crippen molar-refractivity contribution < 1.29 is 14.7 Å². The van der Waals surface area contributed by atoms with Crippen LogP contribution in [-0.2, 0) is 22.6 Å². The molecular weight excluding hydrogens is 366 g/mol. The SMILES string of the molecule is Cc1ccc(Cn2nc(C)c(CCC(=O)N3CCC(C)CC3C(=O)O)c2C)cc1. The summed E-state index contributed by atoms with van der Waals surface area (Å²) >= 11 is 0. The Morgan fingerprint density at radius 2 is 1.86 bits per heavy atom. The van der Waals surface area contributed by atoms with Crippen molar-refractivity contribution in [1.29, 1.82) is 0 Å². The number of nitrogens with zero attached hydrogens (tertiary/aromatic N) is 3. The molecule has 1 aliphatic heterocycles. The van der Waals surface area contributed by atoms with Gasteiger partial charge in [-0.05, 0) is 57.1 Å². The van der Waals surface area contributed by atoms with Crippen molar-refractivity contribution in [1.82, 2.24) is 14.7 Å². The van der Waals surface area contributed by atoms with Crippen LogP contribution >= 0.6 is 0 Å². The third kappa shape index (κ3) is 4.86. The highest BCUT2D eigenvalue weighted by molar-refractivity contribution is 5.84. The van der Waals surface area contributed by atoms with Crippen LogP contribution in [0.15, 0.2) is 24.3 Å². The van der Waals surface area contributed by atoms with Gasteiger partial charge in [-0.15, -0.1) is 0 Å². The Morgan fingerprint density at radius 3 is 2.52 bits per heavy atom. The van der Waals surface area contributed by atoms with Gasteiger partial charge in [0.1, 0.15) is 6.04 Å². The summed E-state index contributed by atoms with van der Waals surface area (Å²) in [6.07, 6.45) is 2.30. The molecule has 0 saturated carbocycles. The molecule has 0 radical (unpaired) electrons. The van der Waals surface area contributed by atoms with Gasteiger partial charge in [0.25, 0.3) is 0 Å². The minimum Gasteiger partial charge on any atom is -0.480 e. The van der Waals surface area contributed by atoms with Gasteiger partial charge in [0, 0.05) is 18.7 Å². The van der Waals surface area contributed by atoms with Crippen LogP contribution in [0.2, 0.25) is 0 Å². The predicted octanol–water partition coefficient (Wildman–Crippen LogP) is 3.50. The second-order valence-corrected chi connectivity index (χ2v) is 8.36. The molecule has 1 amide bonds. The van der Waals surface area contributed by atoms with E-state index in [4.69, 9.17) is 0 Å². The van der Waals surface area contributed by atoms with E-state index >= 15 is 0 Å². The van der Waals surface area contributed by atoms with Crippen molar-refractivity contribution in [3.05, 3.63) is 52.3 Å². The summed E-state index contributed by atoms with van der Waals surface area (Å²) in [5.74, 6) is -0.637. The molecule has 1 aromatic heterocycles. The van der Waals surface area contributed by atoms with E-state index in [2.05, 4.69) is 36.3 Å². The first kappa shape index (κ1) is 21.1. The summed E-state index contributed by atoms with van der Waals surface area (Å²) in [6.45, 7) is 9.36. The van der Waals surface area contributed by atoms with E-state index in [1.165, 1.54) is 11.1 Å². The maximum Gasteiger partial charge on any atom is 0.326 e. The van der Waals surface area contributed by atoms with Gasteiger partial charge in [-0.25, -0.2) is 4.79 Å². The monoisotopic (exact) mass is 397 g/mol. The number of aryl methyl sites for hydroxylation is 2. The number of piperidine rings is 1. The molecule has 1 fully saturated rings. The fourth-order valence-electron chi connectivity index (χ4n) is 4.17. The van der Waals surface area contributed by atoms with Gasteiger partial charge in [0.05, 0.1) is 12.2 Å². The number of hydrogen-bond acceptors (Lipinski definition) is 3. The second kappa shape index (κ2) is 8.80. The van der Waals surface area contributed by atoms with Gasteiger partial charge < -0.3 is 10.0 Å². The molecule has 2 unspecified atom stereocenters. The van der Waals surface area contributed by atoms with Crippen LogP contribution in [-0.4, -0.2) is 44.3 Å².